The number of hydrogen-bond acceptors (Lipinski definition) is 3. The van der Waals surface area contributed by atoms with Crippen LogP contribution in [0.15, 0.2) is 36.7 Å². The second-order valence-electron chi connectivity index (χ2n) is 6.24. The third kappa shape index (κ3) is 3.79. The number of aryl methyl sites for hydroxylation is 1. The van der Waals surface area contributed by atoms with Crippen molar-refractivity contribution < 1.29 is 9.90 Å². The van der Waals surface area contributed by atoms with Gasteiger partial charge in [0.05, 0.1) is 5.56 Å². The highest BCUT2D eigenvalue weighted by atomic mass is 16.4. The van der Waals surface area contributed by atoms with Crippen molar-refractivity contribution in [1.29, 1.82) is 0 Å². The molecule has 122 valence electrons. The van der Waals surface area contributed by atoms with E-state index in [9.17, 15) is 4.79 Å². The van der Waals surface area contributed by atoms with Gasteiger partial charge >= 0.3 is 5.97 Å². The maximum atomic E-state index is 11.1. The van der Waals surface area contributed by atoms with Gasteiger partial charge in [0.2, 0.25) is 0 Å². The molecule has 3 rings (SSSR count). The number of carbonyl (C=O) groups is 1. The zero-order valence-electron chi connectivity index (χ0n) is 13.5. The quantitative estimate of drug-likeness (QED) is 0.922. The van der Waals surface area contributed by atoms with Crippen molar-refractivity contribution in [3.05, 3.63) is 53.6 Å². The lowest BCUT2D eigenvalue weighted by Crippen LogP contribution is -2.36. The van der Waals surface area contributed by atoms with Gasteiger partial charge in [-0.05, 0) is 49.9 Å². The van der Waals surface area contributed by atoms with Crippen LogP contribution < -0.4 is 0 Å². The molecule has 1 saturated heterocycles. The highest BCUT2D eigenvalue weighted by Gasteiger charge is 2.21. The average Bonchev–Trinajstić information content (AvgIpc) is 2.98. The van der Waals surface area contributed by atoms with Gasteiger partial charge in [0.15, 0.2) is 0 Å². The van der Waals surface area contributed by atoms with E-state index in [1.807, 2.05) is 31.5 Å². The summed E-state index contributed by atoms with van der Waals surface area (Å²) in [5.41, 5.74) is 1.53. The standard InChI is InChI=1S/C18H23N3O2/c1-14-19-7-9-21(14)11-10-20-8-3-6-17(13-20)15-4-2-5-16(12-15)18(22)23/h2,4-5,7,9,12,17H,3,6,8,10-11,13H2,1H3,(H,22,23)/t17-/m0/s1. The van der Waals surface area contributed by atoms with Crippen molar-refractivity contribution in [1.82, 2.24) is 14.5 Å². The van der Waals surface area contributed by atoms with Crippen LogP contribution in [0, 0.1) is 6.92 Å². The molecular weight excluding hydrogens is 290 g/mol. The van der Waals surface area contributed by atoms with Gasteiger partial charge in [0, 0.05) is 32.0 Å². The lowest BCUT2D eigenvalue weighted by atomic mass is 9.89. The van der Waals surface area contributed by atoms with Gasteiger partial charge in [-0.3, -0.25) is 0 Å². The van der Waals surface area contributed by atoms with Gasteiger partial charge in [-0.1, -0.05) is 12.1 Å². The van der Waals surface area contributed by atoms with E-state index >= 15 is 0 Å². The highest BCUT2D eigenvalue weighted by Crippen LogP contribution is 2.27. The molecule has 1 N–H and O–H groups in total. The van der Waals surface area contributed by atoms with Crippen LogP contribution in [-0.2, 0) is 6.54 Å². The first-order valence-electron chi connectivity index (χ1n) is 8.17. The molecule has 0 radical (unpaired) electrons. The Bertz CT molecular complexity index is 680. The van der Waals surface area contributed by atoms with Gasteiger partial charge in [-0.25, -0.2) is 9.78 Å². The maximum absolute atomic E-state index is 11.1. The van der Waals surface area contributed by atoms with Crippen LogP contribution in [0.3, 0.4) is 0 Å². The number of carboxylic acid groups (broad SMARTS) is 1. The number of hydrogen-bond donors (Lipinski definition) is 1. The molecule has 2 heterocycles. The summed E-state index contributed by atoms with van der Waals surface area (Å²) in [6, 6.07) is 7.40. The topological polar surface area (TPSA) is 58.4 Å². The van der Waals surface area contributed by atoms with Crippen LogP contribution in [-0.4, -0.2) is 45.2 Å². The third-order valence-corrected chi connectivity index (χ3v) is 4.69. The molecule has 0 spiro atoms. The number of nitrogens with zero attached hydrogens (tertiary/aromatic N) is 3. The molecule has 0 amide bonds. The predicted octanol–water partition coefficient (Wildman–Crippen LogP) is 2.77. The van der Waals surface area contributed by atoms with Crippen LogP contribution in [0.4, 0.5) is 0 Å². The minimum Gasteiger partial charge on any atom is -0.478 e. The normalized spacial score (nSPS) is 18.9. The Morgan fingerprint density at radius 3 is 3.00 bits per heavy atom. The second kappa shape index (κ2) is 6.96. The summed E-state index contributed by atoms with van der Waals surface area (Å²) in [4.78, 5) is 17.9. The lowest BCUT2D eigenvalue weighted by Gasteiger charge is -2.33. The van der Waals surface area contributed by atoms with E-state index in [-0.39, 0.29) is 0 Å². The summed E-state index contributed by atoms with van der Waals surface area (Å²) >= 11 is 0. The number of benzene rings is 1. The van der Waals surface area contributed by atoms with E-state index in [4.69, 9.17) is 5.11 Å². The largest absolute Gasteiger partial charge is 0.478 e. The highest BCUT2D eigenvalue weighted by molar-refractivity contribution is 5.87. The second-order valence-corrected chi connectivity index (χ2v) is 6.24. The van der Waals surface area contributed by atoms with Crippen LogP contribution in [0.2, 0.25) is 0 Å². The van der Waals surface area contributed by atoms with E-state index in [1.54, 1.807) is 6.07 Å². The molecule has 0 aliphatic carbocycles. The number of likely N-dealkylation sites (tertiary alicyclic amines) is 1. The fourth-order valence-corrected chi connectivity index (χ4v) is 3.35. The predicted molar refractivity (Wildman–Crippen MR) is 88.8 cm³/mol. The first-order chi connectivity index (χ1) is 11.1. The van der Waals surface area contributed by atoms with Gasteiger partial charge in [-0.2, -0.15) is 0 Å². The van der Waals surface area contributed by atoms with Crippen molar-refractivity contribution in [3.63, 3.8) is 0 Å². The zero-order chi connectivity index (χ0) is 16.2. The minimum atomic E-state index is -0.852. The molecule has 5 nitrogen and oxygen atoms in total. The first-order valence-corrected chi connectivity index (χ1v) is 8.17. The maximum Gasteiger partial charge on any atom is 0.335 e. The number of imidazole rings is 1. The minimum absolute atomic E-state index is 0.383. The first kappa shape index (κ1) is 15.7. The van der Waals surface area contributed by atoms with Crippen molar-refractivity contribution in [3.8, 4) is 0 Å². The van der Waals surface area contributed by atoms with Crippen molar-refractivity contribution in [2.75, 3.05) is 19.6 Å². The molecule has 0 bridgehead atoms. The number of carboxylic acids is 1. The number of aromatic nitrogens is 2. The summed E-state index contributed by atoms with van der Waals surface area (Å²) in [5, 5.41) is 9.16. The van der Waals surface area contributed by atoms with E-state index in [1.165, 1.54) is 0 Å². The Balaban J connectivity index is 1.63. The van der Waals surface area contributed by atoms with Crippen molar-refractivity contribution >= 4 is 5.97 Å². The van der Waals surface area contributed by atoms with Crippen LogP contribution in [0.1, 0.15) is 40.5 Å². The number of piperidine rings is 1. The van der Waals surface area contributed by atoms with Crippen LogP contribution in [0.5, 0.6) is 0 Å². The number of aromatic carboxylic acids is 1. The van der Waals surface area contributed by atoms with Gasteiger partial charge < -0.3 is 14.6 Å². The van der Waals surface area contributed by atoms with Crippen LogP contribution in [0.25, 0.3) is 0 Å². The van der Waals surface area contributed by atoms with Crippen molar-refractivity contribution in [2.45, 2.75) is 32.2 Å². The van der Waals surface area contributed by atoms with E-state index in [0.29, 0.717) is 11.5 Å². The molecule has 1 aliphatic rings. The third-order valence-electron chi connectivity index (χ3n) is 4.69. The van der Waals surface area contributed by atoms with E-state index in [0.717, 1.165) is 50.4 Å². The zero-order valence-corrected chi connectivity index (χ0v) is 13.5. The number of rotatable bonds is 5. The Hall–Kier alpha value is -2.14. The Labute approximate surface area is 136 Å². The fourth-order valence-electron chi connectivity index (χ4n) is 3.35. The van der Waals surface area contributed by atoms with Crippen LogP contribution >= 0.6 is 0 Å². The van der Waals surface area contributed by atoms with Gasteiger partial charge in [0.25, 0.3) is 0 Å². The summed E-state index contributed by atoms with van der Waals surface area (Å²) in [6.07, 6.45) is 6.15. The lowest BCUT2D eigenvalue weighted by molar-refractivity contribution is 0.0696. The SMILES string of the molecule is Cc1nccn1CCN1CCC[C@H](c2cccc(C(=O)O)c2)C1. The summed E-state index contributed by atoms with van der Waals surface area (Å²) in [6.45, 7) is 6.09. The fraction of sp³-hybridized carbons (Fsp3) is 0.444. The summed E-state index contributed by atoms with van der Waals surface area (Å²) < 4.78 is 2.18. The molecule has 23 heavy (non-hydrogen) atoms. The summed E-state index contributed by atoms with van der Waals surface area (Å²) in [5.74, 6) is 0.620. The molecule has 1 aromatic carbocycles. The average molecular weight is 313 g/mol. The molecule has 5 heteroatoms. The monoisotopic (exact) mass is 313 g/mol. The molecule has 2 aromatic rings. The van der Waals surface area contributed by atoms with Gasteiger partial charge in [0.1, 0.15) is 5.82 Å². The van der Waals surface area contributed by atoms with Crippen molar-refractivity contribution in [2.24, 2.45) is 0 Å². The summed E-state index contributed by atoms with van der Waals surface area (Å²) in [7, 11) is 0. The Morgan fingerprint density at radius 2 is 2.26 bits per heavy atom. The molecule has 0 unspecified atom stereocenters. The molecule has 0 saturated carbocycles. The molecular formula is C18H23N3O2. The smallest absolute Gasteiger partial charge is 0.335 e. The molecule has 1 aliphatic heterocycles. The van der Waals surface area contributed by atoms with E-state index in [2.05, 4.69) is 20.5 Å². The van der Waals surface area contributed by atoms with Gasteiger partial charge in [-0.15, -0.1) is 0 Å². The molecule has 1 atom stereocenters. The Morgan fingerprint density at radius 1 is 1.39 bits per heavy atom. The molecule has 1 aromatic heterocycles. The Kier molecular flexibility index (Phi) is 4.76. The molecule has 1 fully saturated rings. The van der Waals surface area contributed by atoms with E-state index < -0.39 is 5.97 Å².